The summed E-state index contributed by atoms with van der Waals surface area (Å²) in [6.45, 7) is 7.19. The molecule has 224 valence electrons. The Kier molecular flexibility index (Phi) is 7.65. The summed E-state index contributed by atoms with van der Waals surface area (Å²) in [6.07, 6.45) is 3.43. The maximum atomic E-state index is 14.7. The van der Waals surface area contributed by atoms with E-state index in [1.165, 1.54) is 6.07 Å². The summed E-state index contributed by atoms with van der Waals surface area (Å²) in [5.74, 6) is -0.359. The molecule has 1 amide bonds. The molecule has 0 atom stereocenters. The Morgan fingerprint density at radius 1 is 0.886 bits per heavy atom. The lowest BCUT2D eigenvalue weighted by molar-refractivity contribution is -0.123. The van der Waals surface area contributed by atoms with Crippen molar-refractivity contribution in [1.29, 1.82) is 0 Å². The number of H-pyrrole nitrogens is 2. The van der Waals surface area contributed by atoms with Crippen molar-refractivity contribution in [3.8, 4) is 33.6 Å². The second-order valence-corrected chi connectivity index (χ2v) is 12.4. The summed E-state index contributed by atoms with van der Waals surface area (Å²) in [6, 6.07) is 21.2. The molecule has 0 unspecified atom stereocenters. The smallest absolute Gasteiger partial charge is 0.229 e. The highest BCUT2D eigenvalue weighted by Gasteiger charge is 2.21. The minimum absolute atomic E-state index is 0.0720. The van der Waals surface area contributed by atoms with Gasteiger partial charge in [-0.15, -0.1) is 0 Å². The Morgan fingerprint density at radius 2 is 1.70 bits per heavy atom. The zero-order chi connectivity index (χ0) is 31.0. The van der Waals surface area contributed by atoms with Gasteiger partial charge in [0.15, 0.2) is 0 Å². The molecule has 3 heterocycles. The minimum Gasteiger partial charge on any atom is -0.384 e. The Hall–Kier alpha value is -5.02. The highest BCUT2D eigenvalue weighted by Crippen LogP contribution is 2.36. The molecule has 0 bridgehead atoms. The van der Waals surface area contributed by atoms with Gasteiger partial charge in [0.25, 0.3) is 0 Å². The van der Waals surface area contributed by atoms with Crippen molar-refractivity contribution in [2.45, 2.75) is 20.8 Å². The van der Waals surface area contributed by atoms with Crippen LogP contribution in [0.5, 0.6) is 0 Å². The van der Waals surface area contributed by atoms with E-state index in [-0.39, 0.29) is 11.7 Å². The van der Waals surface area contributed by atoms with Crippen LogP contribution < -0.4 is 10.6 Å². The molecule has 9 heteroatoms. The van der Waals surface area contributed by atoms with Gasteiger partial charge in [0.2, 0.25) is 5.91 Å². The molecule has 0 fully saturated rings. The number of halogens is 1. The number of fused-ring (bicyclic) bond motifs is 2. The van der Waals surface area contributed by atoms with Crippen molar-refractivity contribution in [3.05, 3.63) is 84.9 Å². The minimum atomic E-state index is -0.514. The van der Waals surface area contributed by atoms with Crippen LogP contribution >= 0.6 is 0 Å². The molecule has 4 N–H and O–H groups in total. The summed E-state index contributed by atoms with van der Waals surface area (Å²) in [5.41, 5.74) is 7.89. The number of anilines is 2. The first-order chi connectivity index (χ1) is 21.0. The summed E-state index contributed by atoms with van der Waals surface area (Å²) < 4.78 is 14.7. The van der Waals surface area contributed by atoms with Gasteiger partial charge in [-0.25, -0.2) is 4.39 Å². The topological polar surface area (TPSA) is 102 Å². The van der Waals surface area contributed by atoms with E-state index in [1.54, 1.807) is 18.5 Å². The van der Waals surface area contributed by atoms with Crippen LogP contribution in [0.1, 0.15) is 20.8 Å². The van der Waals surface area contributed by atoms with Crippen molar-refractivity contribution >= 4 is 39.1 Å². The molecule has 0 spiro atoms. The molecular weight excluding hydrogens is 553 g/mol. The van der Waals surface area contributed by atoms with Crippen LogP contribution in [0, 0.1) is 11.2 Å². The van der Waals surface area contributed by atoms with E-state index in [2.05, 4.69) is 47.8 Å². The zero-order valence-electron chi connectivity index (χ0n) is 25.5. The monoisotopic (exact) mass is 589 g/mol. The van der Waals surface area contributed by atoms with Gasteiger partial charge in [-0.2, -0.15) is 5.10 Å². The first kappa shape index (κ1) is 29.1. The largest absolute Gasteiger partial charge is 0.384 e. The molecule has 0 aliphatic carbocycles. The summed E-state index contributed by atoms with van der Waals surface area (Å²) in [4.78, 5) is 22.5. The summed E-state index contributed by atoms with van der Waals surface area (Å²) in [7, 11) is 4.02. The molecule has 0 aliphatic heterocycles. The number of carbonyl (C=O) groups is 1. The number of amides is 1. The third kappa shape index (κ3) is 6.05. The average molecular weight is 590 g/mol. The number of aromatic nitrogens is 4. The second kappa shape index (κ2) is 11.6. The lowest BCUT2D eigenvalue weighted by Gasteiger charge is -2.17. The molecule has 3 aromatic carbocycles. The predicted octanol–water partition coefficient (Wildman–Crippen LogP) is 7.54. The number of hydrogen-bond donors (Lipinski definition) is 4. The fourth-order valence-corrected chi connectivity index (χ4v) is 5.19. The Balaban J connectivity index is 1.35. The number of nitrogens with one attached hydrogen (secondary N) is 4. The third-order valence-corrected chi connectivity index (χ3v) is 7.59. The fourth-order valence-electron chi connectivity index (χ4n) is 5.19. The number of carbonyl (C=O) groups excluding carboxylic acids is 1. The van der Waals surface area contributed by atoms with Crippen LogP contribution in [-0.4, -0.2) is 58.2 Å². The van der Waals surface area contributed by atoms with Gasteiger partial charge in [0.05, 0.1) is 23.1 Å². The Morgan fingerprint density at radius 3 is 2.50 bits per heavy atom. The van der Waals surface area contributed by atoms with Crippen LogP contribution in [0.25, 0.3) is 55.4 Å². The van der Waals surface area contributed by atoms with E-state index in [9.17, 15) is 9.18 Å². The lowest BCUT2D eigenvalue weighted by atomic mass is 9.95. The first-order valence-corrected chi connectivity index (χ1v) is 14.6. The van der Waals surface area contributed by atoms with Crippen molar-refractivity contribution in [3.63, 3.8) is 0 Å². The lowest BCUT2D eigenvalue weighted by Crippen LogP contribution is -2.27. The molecule has 6 rings (SSSR count). The van der Waals surface area contributed by atoms with E-state index >= 15 is 0 Å². The van der Waals surface area contributed by atoms with Gasteiger partial charge in [-0.3, -0.25) is 14.9 Å². The van der Waals surface area contributed by atoms with Gasteiger partial charge in [0, 0.05) is 52.2 Å². The number of benzene rings is 3. The zero-order valence-corrected chi connectivity index (χ0v) is 25.5. The number of aromatic amines is 2. The number of rotatable bonds is 8. The number of pyridine rings is 1. The van der Waals surface area contributed by atoms with Gasteiger partial charge >= 0.3 is 0 Å². The number of likely N-dealkylation sites (N-methyl/N-ethyl adjacent to an activating group) is 1. The number of nitrogens with zero attached hydrogens (tertiary/aromatic N) is 3. The average Bonchev–Trinajstić information content (AvgIpc) is 3.60. The molecule has 6 aromatic rings. The third-order valence-electron chi connectivity index (χ3n) is 7.59. The normalized spacial score (nSPS) is 11.9. The molecule has 0 saturated carbocycles. The van der Waals surface area contributed by atoms with E-state index in [1.807, 2.05) is 77.3 Å². The maximum absolute atomic E-state index is 14.7. The Labute approximate surface area is 255 Å². The van der Waals surface area contributed by atoms with Crippen LogP contribution in [-0.2, 0) is 4.79 Å². The van der Waals surface area contributed by atoms with Crippen LogP contribution in [0.3, 0.4) is 0 Å². The first-order valence-electron chi connectivity index (χ1n) is 14.6. The summed E-state index contributed by atoms with van der Waals surface area (Å²) in [5, 5.41) is 16.0. The number of hydrogen-bond acceptors (Lipinski definition) is 5. The van der Waals surface area contributed by atoms with E-state index < -0.39 is 5.41 Å². The maximum Gasteiger partial charge on any atom is 0.229 e. The van der Waals surface area contributed by atoms with Crippen LogP contribution in [0.4, 0.5) is 15.8 Å². The molecule has 0 saturated heterocycles. The molecular formula is C35H36FN7O. The van der Waals surface area contributed by atoms with Crippen molar-refractivity contribution in [2.24, 2.45) is 5.41 Å². The SMILES string of the molecule is CN(C)CCNc1cc(F)cc(-c2cccc3[nH]c(-c4n[nH]c5ccc(-c6cncc(NC(=O)C(C)(C)C)c6)cc45)cc23)c1. The predicted molar refractivity (Wildman–Crippen MR) is 177 cm³/mol. The molecule has 8 nitrogen and oxygen atoms in total. The van der Waals surface area contributed by atoms with Gasteiger partial charge in [-0.1, -0.05) is 39.0 Å². The second-order valence-electron chi connectivity index (χ2n) is 12.4. The molecule has 44 heavy (non-hydrogen) atoms. The van der Waals surface area contributed by atoms with E-state index in [0.717, 1.165) is 67.7 Å². The molecule has 0 radical (unpaired) electrons. The van der Waals surface area contributed by atoms with Crippen LogP contribution in [0.15, 0.2) is 79.1 Å². The molecule has 0 aliphatic rings. The van der Waals surface area contributed by atoms with E-state index in [0.29, 0.717) is 12.2 Å². The van der Waals surface area contributed by atoms with Crippen molar-refractivity contribution in [2.75, 3.05) is 37.8 Å². The van der Waals surface area contributed by atoms with E-state index in [4.69, 9.17) is 0 Å². The standard InChI is InChI=1S/C35H36FN7O/c1-35(2,3)34(44)39-26-15-23(19-37-20-26)21-9-10-31-29(16-21)33(42-41-31)32-18-28-27(7-6-8-30(28)40-32)22-13-24(36)17-25(14-22)38-11-12-43(4)5/h6-10,13-20,38,40H,11-12H2,1-5H3,(H,39,44)(H,41,42). The fraction of sp³-hybridized carbons (Fsp3) is 0.229. The Bertz CT molecular complexity index is 1980. The van der Waals surface area contributed by atoms with Crippen molar-refractivity contribution in [1.82, 2.24) is 25.1 Å². The summed E-state index contributed by atoms with van der Waals surface area (Å²) >= 11 is 0. The quantitative estimate of drug-likeness (QED) is 0.147. The molecule has 3 aromatic heterocycles. The van der Waals surface area contributed by atoms with Gasteiger partial charge < -0.3 is 20.5 Å². The van der Waals surface area contributed by atoms with Gasteiger partial charge in [0.1, 0.15) is 11.5 Å². The van der Waals surface area contributed by atoms with Crippen molar-refractivity contribution < 1.29 is 9.18 Å². The highest BCUT2D eigenvalue weighted by atomic mass is 19.1. The van der Waals surface area contributed by atoms with Crippen LogP contribution in [0.2, 0.25) is 0 Å². The highest BCUT2D eigenvalue weighted by molar-refractivity contribution is 6.02. The van der Waals surface area contributed by atoms with Gasteiger partial charge in [-0.05, 0) is 79.3 Å².